The summed E-state index contributed by atoms with van der Waals surface area (Å²) in [6.45, 7) is 1.52. The average Bonchev–Trinajstić information content (AvgIpc) is 2.66. The van der Waals surface area contributed by atoms with Gasteiger partial charge in [0.05, 0.1) is 10.6 Å². The Morgan fingerprint density at radius 3 is 2.32 bits per heavy atom. The van der Waals surface area contributed by atoms with Crippen molar-refractivity contribution in [1.82, 2.24) is 4.31 Å². The molecule has 7 nitrogen and oxygen atoms in total. The summed E-state index contributed by atoms with van der Waals surface area (Å²) < 4.78 is 30.5. The van der Waals surface area contributed by atoms with E-state index < -0.39 is 28.5 Å². The zero-order valence-electron chi connectivity index (χ0n) is 15.7. The predicted octanol–water partition coefficient (Wildman–Crippen LogP) is 2.95. The second kappa shape index (κ2) is 9.18. The molecule has 2 aromatic carbocycles. The minimum Gasteiger partial charge on any atom is -0.452 e. The van der Waals surface area contributed by atoms with Gasteiger partial charge in [-0.05, 0) is 42.3 Å². The molecule has 0 radical (unpaired) electrons. The highest BCUT2D eigenvalue weighted by Gasteiger charge is 2.23. The second-order valence-corrected chi connectivity index (χ2v) is 8.63. The first-order valence-electron chi connectivity index (χ1n) is 8.43. The number of amides is 1. The van der Waals surface area contributed by atoms with Gasteiger partial charge in [-0.2, -0.15) is 0 Å². The van der Waals surface area contributed by atoms with Gasteiger partial charge >= 0.3 is 5.97 Å². The van der Waals surface area contributed by atoms with E-state index in [2.05, 4.69) is 5.32 Å². The van der Waals surface area contributed by atoms with E-state index in [1.807, 2.05) is 19.1 Å². The summed E-state index contributed by atoms with van der Waals surface area (Å²) in [5, 5.41) is 2.60. The molecule has 9 heteroatoms. The van der Waals surface area contributed by atoms with Crippen molar-refractivity contribution >= 4 is 39.2 Å². The van der Waals surface area contributed by atoms with Crippen LogP contribution >= 0.6 is 11.6 Å². The first-order valence-corrected chi connectivity index (χ1v) is 10.2. The Hall–Kier alpha value is -2.42. The fraction of sp³-hybridized carbons (Fsp3) is 0.263. The van der Waals surface area contributed by atoms with Crippen LogP contribution in [0.5, 0.6) is 0 Å². The third-order valence-corrected chi connectivity index (χ3v) is 6.20. The Bertz CT molecular complexity index is 972. The number of hydrogen-bond donors (Lipinski definition) is 1. The number of halogens is 1. The van der Waals surface area contributed by atoms with Gasteiger partial charge in [0.1, 0.15) is 4.90 Å². The highest BCUT2D eigenvalue weighted by molar-refractivity contribution is 7.89. The maximum absolute atomic E-state index is 12.3. The van der Waals surface area contributed by atoms with Crippen molar-refractivity contribution in [3.63, 3.8) is 0 Å². The highest BCUT2D eigenvalue weighted by atomic mass is 35.5. The van der Waals surface area contributed by atoms with Crippen molar-refractivity contribution in [2.24, 2.45) is 0 Å². The Morgan fingerprint density at radius 1 is 1.11 bits per heavy atom. The van der Waals surface area contributed by atoms with E-state index in [0.29, 0.717) is 5.69 Å². The van der Waals surface area contributed by atoms with Gasteiger partial charge in [0.15, 0.2) is 6.61 Å². The standard InChI is InChI=1S/C19H21ClN2O5S/c1-4-13-5-8-15(9-6-13)21-18(23)12-27-19(24)14-7-10-16(20)17(11-14)28(25,26)22(2)3/h5-11H,4,12H2,1-3H3,(H,21,23). The van der Waals surface area contributed by atoms with E-state index in [0.717, 1.165) is 22.4 Å². The van der Waals surface area contributed by atoms with E-state index in [9.17, 15) is 18.0 Å². The maximum Gasteiger partial charge on any atom is 0.338 e. The number of benzene rings is 2. The Labute approximate surface area is 169 Å². The molecule has 28 heavy (non-hydrogen) atoms. The summed E-state index contributed by atoms with van der Waals surface area (Å²) in [7, 11) is -1.12. The molecule has 0 aromatic heterocycles. The number of nitrogens with zero attached hydrogens (tertiary/aromatic N) is 1. The van der Waals surface area contributed by atoms with E-state index in [4.69, 9.17) is 16.3 Å². The van der Waals surface area contributed by atoms with Crippen LogP contribution in [0.25, 0.3) is 0 Å². The number of esters is 1. The number of ether oxygens (including phenoxy) is 1. The van der Waals surface area contributed by atoms with Crippen molar-refractivity contribution in [2.45, 2.75) is 18.2 Å². The zero-order chi connectivity index (χ0) is 20.9. The summed E-state index contributed by atoms with van der Waals surface area (Å²) in [4.78, 5) is 23.9. The number of rotatable bonds is 7. The lowest BCUT2D eigenvalue weighted by Crippen LogP contribution is -2.23. The quantitative estimate of drug-likeness (QED) is 0.690. The number of nitrogens with one attached hydrogen (secondary N) is 1. The van der Waals surface area contributed by atoms with Crippen LogP contribution in [0.3, 0.4) is 0 Å². The molecule has 0 fully saturated rings. The van der Waals surface area contributed by atoms with Gasteiger partial charge in [-0.1, -0.05) is 30.7 Å². The van der Waals surface area contributed by atoms with Crippen LogP contribution in [0, 0.1) is 0 Å². The second-order valence-electron chi connectivity index (χ2n) is 6.11. The predicted molar refractivity (Wildman–Crippen MR) is 107 cm³/mol. The summed E-state index contributed by atoms with van der Waals surface area (Å²) in [5.41, 5.74) is 1.70. The molecule has 0 atom stereocenters. The Balaban J connectivity index is 2.03. The normalized spacial score (nSPS) is 11.3. The maximum atomic E-state index is 12.3. The van der Waals surface area contributed by atoms with Gasteiger partial charge in [-0.25, -0.2) is 17.5 Å². The molecule has 1 N–H and O–H groups in total. The minimum absolute atomic E-state index is 0.0153. The molecule has 0 saturated carbocycles. The molecule has 2 rings (SSSR count). The van der Waals surface area contributed by atoms with Crippen LogP contribution in [0.4, 0.5) is 5.69 Å². The van der Waals surface area contributed by atoms with E-state index in [-0.39, 0.29) is 15.5 Å². The molecule has 0 heterocycles. The number of carbonyl (C=O) groups excluding carboxylic acids is 2. The number of carbonyl (C=O) groups is 2. The third-order valence-electron chi connectivity index (χ3n) is 3.91. The van der Waals surface area contributed by atoms with Crippen LogP contribution in [0.15, 0.2) is 47.4 Å². The lowest BCUT2D eigenvalue weighted by Gasteiger charge is -2.13. The van der Waals surface area contributed by atoms with Crippen LogP contribution in [-0.4, -0.2) is 45.3 Å². The fourth-order valence-electron chi connectivity index (χ4n) is 2.26. The summed E-state index contributed by atoms with van der Waals surface area (Å²) in [6.07, 6.45) is 0.887. The zero-order valence-corrected chi connectivity index (χ0v) is 17.3. The molecular weight excluding hydrogens is 404 g/mol. The van der Waals surface area contributed by atoms with E-state index in [1.54, 1.807) is 12.1 Å². The molecule has 0 aliphatic rings. The lowest BCUT2D eigenvalue weighted by atomic mass is 10.1. The van der Waals surface area contributed by atoms with E-state index in [1.165, 1.54) is 26.2 Å². The molecular formula is C19H21ClN2O5S. The van der Waals surface area contributed by atoms with Crippen molar-refractivity contribution in [2.75, 3.05) is 26.0 Å². The monoisotopic (exact) mass is 424 g/mol. The molecule has 0 aliphatic heterocycles. The summed E-state index contributed by atoms with van der Waals surface area (Å²) in [6, 6.07) is 11.1. The van der Waals surface area contributed by atoms with Crippen molar-refractivity contribution < 1.29 is 22.7 Å². The molecule has 2 aromatic rings. The van der Waals surface area contributed by atoms with Crippen molar-refractivity contribution in [1.29, 1.82) is 0 Å². The number of anilines is 1. The average molecular weight is 425 g/mol. The van der Waals surface area contributed by atoms with Crippen molar-refractivity contribution in [3.05, 3.63) is 58.6 Å². The Kier molecular flexibility index (Phi) is 7.17. The largest absolute Gasteiger partial charge is 0.452 e. The number of aryl methyl sites for hydroxylation is 1. The van der Waals surface area contributed by atoms with E-state index >= 15 is 0 Å². The van der Waals surface area contributed by atoms with Crippen molar-refractivity contribution in [3.8, 4) is 0 Å². The number of hydrogen-bond acceptors (Lipinski definition) is 5. The first-order chi connectivity index (χ1) is 13.1. The summed E-state index contributed by atoms with van der Waals surface area (Å²) in [5.74, 6) is -1.34. The molecule has 1 amide bonds. The molecule has 0 spiro atoms. The first kappa shape index (κ1) is 21.9. The van der Waals surface area contributed by atoms with Gasteiger partial charge in [0, 0.05) is 19.8 Å². The van der Waals surface area contributed by atoms with Gasteiger partial charge in [-0.15, -0.1) is 0 Å². The molecule has 0 unspecified atom stereocenters. The molecule has 0 saturated heterocycles. The van der Waals surface area contributed by atoms with Gasteiger partial charge in [-0.3, -0.25) is 4.79 Å². The highest BCUT2D eigenvalue weighted by Crippen LogP contribution is 2.25. The molecule has 150 valence electrons. The smallest absolute Gasteiger partial charge is 0.338 e. The Morgan fingerprint density at radius 2 is 1.75 bits per heavy atom. The van der Waals surface area contributed by atoms with Gasteiger partial charge in [0.2, 0.25) is 10.0 Å². The lowest BCUT2D eigenvalue weighted by molar-refractivity contribution is -0.119. The SMILES string of the molecule is CCc1ccc(NC(=O)COC(=O)c2ccc(Cl)c(S(=O)(=O)N(C)C)c2)cc1. The fourth-order valence-corrected chi connectivity index (χ4v) is 3.65. The topological polar surface area (TPSA) is 92.8 Å². The summed E-state index contributed by atoms with van der Waals surface area (Å²) >= 11 is 5.95. The van der Waals surface area contributed by atoms with Gasteiger partial charge < -0.3 is 10.1 Å². The molecule has 0 bridgehead atoms. The molecule has 0 aliphatic carbocycles. The third kappa shape index (κ3) is 5.31. The van der Waals surface area contributed by atoms with Gasteiger partial charge in [0.25, 0.3) is 5.91 Å². The van der Waals surface area contributed by atoms with Crippen LogP contribution in [-0.2, 0) is 26.0 Å². The minimum atomic E-state index is -3.83. The van der Waals surface area contributed by atoms with Crippen LogP contribution < -0.4 is 5.32 Å². The van der Waals surface area contributed by atoms with Crippen LogP contribution in [0.1, 0.15) is 22.8 Å². The van der Waals surface area contributed by atoms with Crippen LogP contribution in [0.2, 0.25) is 5.02 Å². The number of sulfonamides is 1.